The third-order valence-electron chi connectivity index (χ3n) is 3.46. The van der Waals surface area contributed by atoms with Gasteiger partial charge in [-0.1, -0.05) is 64.4 Å². The Morgan fingerprint density at radius 2 is 1.78 bits per heavy atom. The number of fused-ring (bicyclic) bond motifs is 1. The van der Waals surface area contributed by atoms with Crippen molar-refractivity contribution in [3.8, 4) is 22.0 Å². The van der Waals surface area contributed by atoms with Gasteiger partial charge >= 0.3 is 0 Å². The highest BCUT2D eigenvalue weighted by Gasteiger charge is 2.16. The van der Waals surface area contributed by atoms with E-state index in [2.05, 4.69) is 15.3 Å². The van der Waals surface area contributed by atoms with Crippen LogP contribution in [0.15, 0.2) is 42.5 Å². The van der Waals surface area contributed by atoms with Crippen molar-refractivity contribution in [2.45, 2.75) is 6.92 Å². The van der Waals surface area contributed by atoms with Crippen LogP contribution in [-0.2, 0) is 0 Å². The lowest BCUT2D eigenvalue weighted by atomic mass is 10.1. The summed E-state index contributed by atoms with van der Waals surface area (Å²) in [6, 6.07) is 13.4. The molecule has 23 heavy (non-hydrogen) atoms. The van der Waals surface area contributed by atoms with Crippen LogP contribution in [0.4, 0.5) is 0 Å². The molecule has 4 aromatic rings. The summed E-state index contributed by atoms with van der Waals surface area (Å²) < 4.78 is 1.74. The Kier molecular flexibility index (Phi) is 3.56. The van der Waals surface area contributed by atoms with Crippen LogP contribution in [0.1, 0.15) is 5.56 Å². The molecule has 0 bridgehead atoms. The monoisotopic (exact) mass is 360 g/mol. The number of aromatic nitrogens is 4. The van der Waals surface area contributed by atoms with Gasteiger partial charge in [-0.2, -0.15) is 9.61 Å². The lowest BCUT2D eigenvalue weighted by molar-refractivity contribution is 0.970. The minimum atomic E-state index is 0.608. The Labute approximate surface area is 146 Å². The van der Waals surface area contributed by atoms with Gasteiger partial charge in [-0.3, -0.25) is 0 Å². The van der Waals surface area contributed by atoms with E-state index in [4.69, 9.17) is 23.2 Å². The van der Waals surface area contributed by atoms with E-state index in [0.29, 0.717) is 20.8 Å². The first-order valence-electron chi connectivity index (χ1n) is 6.86. The van der Waals surface area contributed by atoms with E-state index >= 15 is 0 Å². The summed E-state index contributed by atoms with van der Waals surface area (Å²) in [6.07, 6.45) is 0. The van der Waals surface area contributed by atoms with Gasteiger partial charge in [0.1, 0.15) is 5.01 Å². The summed E-state index contributed by atoms with van der Waals surface area (Å²) in [5, 5.41) is 15.0. The molecule has 0 saturated heterocycles. The highest BCUT2D eigenvalue weighted by molar-refractivity contribution is 7.19. The molecule has 0 spiro atoms. The van der Waals surface area contributed by atoms with Gasteiger partial charge in [0.25, 0.3) is 0 Å². The molecule has 4 nitrogen and oxygen atoms in total. The van der Waals surface area contributed by atoms with Crippen molar-refractivity contribution in [3.05, 3.63) is 58.1 Å². The van der Waals surface area contributed by atoms with Crippen LogP contribution in [0.5, 0.6) is 0 Å². The van der Waals surface area contributed by atoms with E-state index in [1.807, 2.05) is 31.2 Å². The maximum absolute atomic E-state index is 6.26. The average Bonchev–Trinajstić information content (AvgIpc) is 3.11. The fraction of sp³-hybridized carbons (Fsp3) is 0.0625. The lowest BCUT2D eigenvalue weighted by Gasteiger charge is -2.00. The molecule has 114 valence electrons. The van der Waals surface area contributed by atoms with Crippen LogP contribution >= 0.6 is 34.5 Å². The predicted molar refractivity (Wildman–Crippen MR) is 94.3 cm³/mol. The third-order valence-corrected chi connectivity index (χ3v) is 4.96. The van der Waals surface area contributed by atoms with Crippen LogP contribution in [0.25, 0.3) is 26.9 Å². The largest absolute Gasteiger partial charge is 0.235 e. The zero-order valence-electron chi connectivity index (χ0n) is 12.0. The van der Waals surface area contributed by atoms with Crippen molar-refractivity contribution in [1.29, 1.82) is 0 Å². The molecular formula is C16H10Cl2N4S. The number of hydrogen-bond donors (Lipinski definition) is 0. The average molecular weight is 361 g/mol. The number of halogens is 2. The molecule has 2 aromatic heterocycles. The first-order valence-corrected chi connectivity index (χ1v) is 8.44. The Hall–Kier alpha value is -1.95. The minimum absolute atomic E-state index is 0.608. The molecule has 0 aliphatic rings. The predicted octanol–water partition coefficient (Wildman–Crippen LogP) is 5.14. The molecule has 2 heterocycles. The van der Waals surface area contributed by atoms with Gasteiger partial charge in [0.2, 0.25) is 4.96 Å². The summed E-state index contributed by atoms with van der Waals surface area (Å²) in [7, 11) is 0. The van der Waals surface area contributed by atoms with Crippen molar-refractivity contribution >= 4 is 39.5 Å². The summed E-state index contributed by atoms with van der Waals surface area (Å²) in [4.78, 5) is 0.714. The molecule has 0 saturated carbocycles. The summed E-state index contributed by atoms with van der Waals surface area (Å²) in [6.45, 7) is 2.05. The van der Waals surface area contributed by atoms with E-state index in [1.54, 1.807) is 22.7 Å². The van der Waals surface area contributed by atoms with E-state index < -0.39 is 0 Å². The SMILES string of the molecule is Cc1ccc(-c2nnc3sc(-c4cc(Cl)ccc4Cl)nn23)cc1. The van der Waals surface area contributed by atoms with Crippen molar-refractivity contribution in [2.24, 2.45) is 0 Å². The molecule has 0 radical (unpaired) electrons. The van der Waals surface area contributed by atoms with Crippen molar-refractivity contribution < 1.29 is 0 Å². The Balaban J connectivity index is 1.86. The first kappa shape index (κ1) is 14.6. The summed E-state index contributed by atoms with van der Waals surface area (Å²) in [5.74, 6) is 0.709. The lowest BCUT2D eigenvalue weighted by Crippen LogP contribution is -1.91. The van der Waals surface area contributed by atoms with E-state index in [0.717, 1.165) is 16.1 Å². The smallest absolute Gasteiger partial charge is 0.182 e. The molecule has 4 rings (SSSR count). The Bertz CT molecular complexity index is 1000. The van der Waals surface area contributed by atoms with Crippen molar-refractivity contribution in [2.75, 3.05) is 0 Å². The highest BCUT2D eigenvalue weighted by atomic mass is 35.5. The zero-order valence-corrected chi connectivity index (χ0v) is 14.3. The number of benzene rings is 2. The fourth-order valence-electron chi connectivity index (χ4n) is 2.27. The van der Waals surface area contributed by atoms with E-state index in [-0.39, 0.29) is 0 Å². The third kappa shape index (κ3) is 2.61. The molecular weight excluding hydrogens is 351 g/mol. The fourth-order valence-corrected chi connectivity index (χ4v) is 3.57. The standard InChI is InChI=1S/C16H10Cl2N4S/c1-9-2-4-10(5-3-9)14-19-20-16-22(14)21-15(23-16)12-8-11(17)6-7-13(12)18/h2-8H,1H3. The molecule has 0 N–H and O–H groups in total. The Morgan fingerprint density at radius 1 is 1.00 bits per heavy atom. The van der Waals surface area contributed by atoms with Gasteiger partial charge in [0.05, 0.1) is 5.02 Å². The van der Waals surface area contributed by atoms with Gasteiger partial charge in [-0.15, -0.1) is 10.2 Å². The molecule has 7 heteroatoms. The Morgan fingerprint density at radius 3 is 2.57 bits per heavy atom. The van der Waals surface area contributed by atoms with Crippen molar-refractivity contribution in [1.82, 2.24) is 19.8 Å². The molecule has 0 unspecified atom stereocenters. The van der Waals surface area contributed by atoms with Gasteiger partial charge in [-0.05, 0) is 25.1 Å². The molecule has 0 aliphatic carbocycles. The highest BCUT2D eigenvalue weighted by Crippen LogP contribution is 2.34. The molecule has 0 aliphatic heterocycles. The van der Waals surface area contributed by atoms with Crippen LogP contribution in [0.3, 0.4) is 0 Å². The zero-order chi connectivity index (χ0) is 16.0. The van der Waals surface area contributed by atoms with Gasteiger partial charge in [-0.25, -0.2) is 0 Å². The summed E-state index contributed by atoms with van der Waals surface area (Å²) in [5.41, 5.74) is 2.96. The second-order valence-electron chi connectivity index (χ2n) is 5.12. The molecule has 0 amide bonds. The molecule has 0 atom stereocenters. The van der Waals surface area contributed by atoms with Crippen molar-refractivity contribution in [3.63, 3.8) is 0 Å². The van der Waals surface area contributed by atoms with Gasteiger partial charge in [0.15, 0.2) is 5.82 Å². The van der Waals surface area contributed by atoms with Gasteiger partial charge in [0, 0.05) is 16.1 Å². The normalized spacial score (nSPS) is 11.3. The van der Waals surface area contributed by atoms with Gasteiger partial charge < -0.3 is 0 Å². The number of aryl methyl sites for hydroxylation is 1. The van der Waals surface area contributed by atoms with Crippen LogP contribution < -0.4 is 0 Å². The van der Waals surface area contributed by atoms with E-state index in [9.17, 15) is 0 Å². The van der Waals surface area contributed by atoms with E-state index in [1.165, 1.54) is 16.9 Å². The maximum atomic E-state index is 6.26. The molecule has 0 fully saturated rings. The van der Waals surface area contributed by atoms with Crippen LogP contribution in [0.2, 0.25) is 10.0 Å². The maximum Gasteiger partial charge on any atom is 0.235 e. The first-order chi connectivity index (χ1) is 11.1. The number of nitrogens with zero attached hydrogens (tertiary/aromatic N) is 4. The molecule has 2 aromatic carbocycles. The second-order valence-corrected chi connectivity index (χ2v) is 6.91. The minimum Gasteiger partial charge on any atom is -0.182 e. The second kappa shape index (κ2) is 5.60. The van der Waals surface area contributed by atoms with Crippen LogP contribution in [0, 0.1) is 6.92 Å². The number of hydrogen-bond acceptors (Lipinski definition) is 4. The van der Waals surface area contributed by atoms with Crippen LogP contribution in [-0.4, -0.2) is 19.8 Å². The number of rotatable bonds is 2. The quantitative estimate of drug-likeness (QED) is 0.497. The summed E-state index contributed by atoms with van der Waals surface area (Å²) >= 11 is 13.8. The topological polar surface area (TPSA) is 43.1 Å².